The van der Waals surface area contributed by atoms with Gasteiger partial charge in [-0.05, 0) is 40.5 Å². The Morgan fingerprint density at radius 3 is 2.55 bits per heavy atom. The number of benzene rings is 2. The van der Waals surface area contributed by atoms with Crippen LogP contribution in [0.25, 0.3) is 0 Å². The molecule has 4 nitrogen and oxygen atoms in total. The third-order valence-corrected chi connectivity index (χ3v) is 3.57. The molecule has 0 bridgehead atoms. The van der Waals surface area contributed by atoms with Crippen LogP contribution in [0.3, 0.4) is 0 Å². The first-order valence-electron chi connectivity index (χ1n) is 7.01. The Bertz CT molecular complexity index is 604. The maximum atomic E-state index is 11.6. The maximum Gasteiger partial charge on any atom is 0.407 e. The van der Waals surface area contributed by atoms with Gasteiger partial charge in [0.25, 0.3) is 0 Å². The standard InChI is InChI=1S/C17H18BrNO3/c1-13(22-16-10-6-5-9-15(16)18)11-19-17(20)21-12-14-7-3-2-4-8-14/h2-10,13H,11-12H2,1H3,(H,19,20). The van der Waals surface area contributed by atoms with Crippen molar-refractivity contribution in [2.24, 2.45) is 0 Å². The van der Waals surface area contributed by atoms with E-state index in [0.717, 1.165) is 15.8 Å². The highest BCUT2D eigenvalue weighted by Gasteiger charge is 2.09. The number of carbonyl (C=O) groups excluding carboxylic acids is 1. The summed E-state index contributed by atoms with van der Waals surface area (Å²) in [7, 11) is 0. The van der Waals surface area contributed by atoms with Crippen molar-refractivity contribution < 1.29 is 14.3 Å². The molecule has 0 radical (unpaired) electrons. The van der Waals surface area contributed by atoms with Crippen LogP contribution in [0.2, 0.25) is 0 Å². The fourth-order valence-electron chi connectivity index (χ4n) is 1.80. The lowest BCUT2D eigenvalue weighted by atomic mass is 10.2. The normalized spacial score (nSPS) is 11.5. The topological polar surface area (TPSA) is 47.6 Å². The van der Waals surface area contributed by atoms with E-state index in [1.807, 2.05) is 61.5 Å². The quantitative estimate of drug-likeness (QED) is 0.838. The average Bonchev–Trinajstić information content (AvgIpc) is 2.54. The van der Waals surface area contributed by atoms with Gasteiger partial charge >= 0.3 is 6.09 Å². The maximum absolute atomic E-state index is 11.6. The lowest BCUT2D eigenvalue weighted by molar-refractivity contribution is 0.132. The van der Waals surface area contributed by atoms with Gasteiger partial charge in [0.2, 0.25) is 0 Å². The summed E-state index contributed by atoms with van der Waals surface area (Å²) in [6.07, 6.45) is -0.616. The van der Waals surface area contributed by atoms with Gasteiger partial charge in [-0.3, -0.25) is 0 Å². The van der Waals surface area contributed by atoms with Gasteiger partial charge < -0.3 is 14.8 Å². The molecule has 0 saturated carbocycles. The zero-order valence-corrected chi connectivity index (χ0v) is 13.9. The van der Waals surface area contributed by atoms with Crippen LogP contribution in [0.4, 0.5) is 4.79 Å². The second kappa shape index (κ2) is 8.44. The molecule has 1 amide bonds. The highest BCUT2D eigenvalue weighted by Crippen LogP contribution is 2.24. The van der Waals surface area contributed by atoms with E-state index >= 15 is 0 Å². The molecule has 0 aliphatic rings. The molecule has 0 aliphatic carbocycles. The fourth-order valence-corrected chi connectivity index (χ4v) is 2.18. The number of hydrogen-bond acceptors (Lipinski definition) is 3. The second-order valence-electron chi connectivity index (χ2n) is 4.80. The van der Waals surface area contributed by atoms with E-state index < -0.39 is 6.09 Å². The highest BCUT2D eigenvalue weighted by molar-refractivity contribution is 9.10. The predicted molar refractivity (Wildman–Crippen MR) is 88.9 cm³/mol. The van der Waals surface area contributed by atoms with Crippen LogP contribution in [0.15, 0.2) is 59.1 Å². The SMILES string of the molecule is CC(CNC(=O)OCc1ccccc1)Oc1ccccc1Br. The average molecular weight is 364 g/mol. The summed E-state index contributed by atoms with van der Waals surface area (Å²) in [5, 5.41) is 2.69. The van der Waals surface area contributed by atoms with Gasteiger partial charge in [0, 0.05) is 0 Å². The fraction of sp³-hybridized carbons (Fsp3) is 0.235. The lowest BCUT2D eigenvalue weighted by Crippen LogP contribution is -2.33. The summed E-state index contributed by atoms with van der Waals surface area (Å²) in [4.78, 5) is 11.6. The largest absolute Gasteiger partial charge is 0.488 e. The molecule has 0 spiro atoms. The zero-order valence-electron chi connectivity index (χ0n) is 12.3. The predicted octanol–water partition coefficient (Wildman–Crippen LogP) is 4.14. The minimum atomic E-state index is -0.452. The molecule has 2 rings (SSSR count). The molecule has 5 heteroatoms. The van der Waals surface area contributed by atoms with E-state index in [-0.39, 0.29) is 12.7 Å². The van der Waals surface area contributed by atoms with Crippen LogP contribution in [0, 0.1) is 0 Å². The molecule has 2 aromatic rings. The van der Waals surface area contributed by atoms with Crippen molar-refractivity contribution in [1.29, 1.82) is 0 Å². The number of rotatable bonds is 6. The molecular weight excluding hydrogens is 346 g/mol. The number of carbonyl (C=O) groups is 1. The second-order valence-corrected chi connectivity index (χ2v) is 5.66. The Morgan fingerprint density at radius 1 is 1.14 bits per heavy atom. The van der Waals surface area contributed by atoms with Crippen molar-refractivity contribution in [1.82, 2.24) is 5.32 Å². The molecule has 2 aromatic carbocycles. The summed E-state index contributed by atoms with van der Waals surface area (Å²) >= 11 is 3.42. The van der Waals surface area contributed by atoms with E-state index in [9.17, 15) is 4.79 Å². The third-order valence-electron chi connectivity index (χ3n) is 2.91. The van der Waals surface area contributed by atoms with Gasteiger partial charge in [0.15, 0.2) is 0 Å². The monoisotopic (exact) mass is 363 g/mol. The van der Waals surface area contributed by atoms with Gasteiger partial charge in [-0.25, -0.2) is 4.79 Å². The Labute approximate surface area is 138 Å². The van der Waals surface area contributed by atoms with Gasteiger partial charge in [0.1, 0.15) is 18.5 Å². The Hall–Kier alpha value is -2.01. The lowest BCUT2D eigenvalue weighted by Gasteiger charge is -2.16. The molecule has 0 fully saturated rings. The smallest absolute Gasteiger partial charge is 0.407 e. The van der Waals surface area contributed by atoms with Gasteiger partial charge in [0.05, 0.1) is 11.0 Å². The summed E-state index contributed by atoms with van der Waals surface area (Å²) in [6, 6.07) is 17.1. The summed E-state index contributed by atoms with van der Waals surface area (Å²) in [6.45, 7) is 2.51. The Balaban J connectivity index is 1.71. The summed E-state index contributed by atoms with van der Waals surface area (Å²) in [5.74, 6) is 0.745. The van der Waals surface area contributed by atoms with Crippen LogP contribution < -0.4 is 10.1 Å². The molecule has 1 atom stereocenters. The molecule has 22 heavy (non-hydrogen) atoms. The molecule has 116 valence electrons. The Morgan fingerprint density at radius 2 is 1.82 bits per heavy atom. The van der Waals surface area contributed by atoms with Crippen molar-refractivity contribution in [3.05, 3.63) is 64.6 Å². The molecular formula is C17H18BrNO3. The number of nitrogens with one attached hydrogen (secondary N) is 1. The molecule has 1 unspecified atom stereocenters. The number of alkyl carbamates (subject to hydrolysis) is 1. The van der Waals surface area contributed by atoms with Crippen LogP contribution in [0.5, 0.6) is 5.75 Å². The highest BCUT2D eigenvalue weighted by atomic mass is 79.9. The van der Waals surface area contributed by atoms with Crippen LogP contribution in [-0.4, -0.2) is 18.7 Å². The van der Waals surface area contributed by atoms with E-state index in [2.05, 4.69) is 21.2 Å². The summed E-state index contributed by atoms with van der Waals surface area (Å²) < 4.78 is 11.8. The van der Waals surface area contributed by atoms with Gasteiger partial charge in [-0.2, -0.15) is 0 Å². The molecule has 0 aromatic heterocycles. The number of halogens is 1. The first-order chi connectivity index (χ1) is 10.6. The minimum absolute atomic E-state index is 0.164. The number of ether oxygens (including phenoxy) is 2. The number of hydrogen-bond donors (Lipinski definition) is 1. The van der Waals surface area contributed by atoms with Crippen LogP contribution in [0.1, 0.15) is 12.5 Å². The molecule has 1 N–H and O–H groups in total. The zero-order chi connectivity index (χ0) is 15.8. The van der Waals surface area contributed by atoms with Crippen LogP contribution in [-0.2, 0) is 11.3 Å². The first-order valence-corrected chi connectivity index (χ1v) is 7.80. The van der Waals surface area contributed by atoms with Crippen molar-refractivity contribution in [2.75, 3.05) is 6.54 Å². The van der Waals surface area contributed by atoms with Crippen molar-refractivity contribution in [3.63, 3.8) is 0 Å². The van der Waals surface area contributed by atoms with E-state index in [1.54, 1.807) is 0 Å². The minimum Gasteiger partial charge on any atom is -0.488 e. The first kappa shape index (κ1) is 16.4. The number of amides is 1. The van der Waals surface area contributed by atoms with Gasteiger partial charge in [-0.15, -0.1) is 0 Å². The van der Waals surface area contributed by atoms with E-state index in [1.165, 1.54) is 0 Å². The van der Waals surface area contributed by atoms with E-state index in [4.69, 9.17) is 9.47 Å². The van der Waals surface area contributed by atoms with Crippen molar-refractivity contribution in [3.8, 4) is 5.75 Å². The van der Waals surface area contributed by atoms with Crippen molar-refractivity contribution >= 4 is 22.0 Å². The summed E-state index contributed by atoms with van der Waals surface area (Å²) in [5.41, 5.74) is 0.954. The molecule has 0 saturated heterocycles. The third kappa shape index (κ3) is 5.41. The Kier molecular flexibility index (Phi) is 6.27. The van der Waals surface area contributed by atoms with Gasteiger partial charge in [-0.1, -0.05) is 42.5 Å². The van der Waals surface area contributed by atoms with Crippen LogP contribution >= 0.6 is 15.9 Å². The molecule has 0 aliphatic heterocycles. The van der Waals surface area contributed by atoms with Crippen molar-refractivity contribution in [2.45, 2.75) is 19.6 Å². The number of para-hydroxylation sites is 1. The van der Waals surface area contributed by atoms with E-state index in [0.29, 0.717) is 6.54 Å². The molecule has 0 heterocycles.